The lowest BCUT2D eigenvalue weighted by atomic mass is 10.1. The first-order valence-corrected chi connectivity index (χ1v) is 4.69. The minimum atomic E-state index is 0.102. The normalized spacial score (nSPS) is 18.7. The van der Waals surface area contributed by atoms with Crippen LogP contribution in [0.1, 0.15) is 23.6 Å². The van der Waals surface area contributed by atoms with Gasteiger partial charge in [0.15, 0.2) is 6.61 Å². The Balaban J connectivity index is 2.20. The lowest BCUT2D eigenvalue weighted by molar-refractivity contribution is 0.368. The first kappa shape index (κ1) is 9.04. The van der Waals surface area contributed by atoms with Crippen molar-refractivity contribution in [3.05, 3.63) is 29.3 Å². The van der Waals surface area contributed by atoms with Gasteiger partial charge in [0.05, 0.1) is 0 Å². The fourth-order valence-electron chi connectivity index (χ4n) is 1.83. The standard InChI is InChI=1S/C11H12N2O/c12-5-6-14-9-2-3-10-8(7-9)1-4-11(10)13/h2-3,7,11H,1,4,6,13H2/t11-/m0/s1. The zero-order valence-electron chi connectivity index (χ0n) is 7.86. The summed E-state index contributed by atoms with van der Waals surface area (Å²) in [5.41, 5.74) is 8.38. The number of nitrogens with two attached hydrogens (primary N) is 1. The maximum Gasteiger partial charge on any atom is 0.174 e. The molecule has 2 rings (SSSR count). The van der Waals surface area contributed by atoms with Crippen molar-refractivity contribution in [3.63, 3.8) is 0 Å². The third kappa shape index (κ3) is 1.57. The molecule has 0 radical (unpaired) electrons. The number of ether oxygens (including phenoxy) is 1. The first-order valence-electron chi connectivity index (χ1n) is 4.69. The second-order valence-electron chi connectivity index (χ2n) is 3.45. The molecule has 0 aromatic heterocycles. The maximum atomic E-state index is 8.37. The Kier molecular flexibility index (Phi) is 2.38. The smallest absolute Gasteiger partial charge is 0.174 e. The molecule has 0 saturated heterocycles. The first-order chi connectivity index (χ1) is 6.81. The quantitative estimate of drug-likeness (QED) is 0.765. The molecule has 1 aliphatic carbocycles. The van der Waals surface area contributed by atoms with E-state index in [0.29, 0.717) is 0 Å². The van der Waals surface area contributed by atoms with E-state index in [1.807, 2.05) is 24.3 Å². The summed E-state index contributed by atoms with van der Waals surface area (Å²) in [6.07, 6.45) is 2.03. The molecule has 0 bridgehead atoms. The van der Waals surface area contributed by atoms with E-state index in [0.717, 1.165) is 18.6 Å². The fourth-order valence-corrected chi connectivity index (χ4v) is 1.83. The Morgan fingerprint density at radius 1 is 1.57 bits per heavy atom. The summed E-state index contributed by atoms with van der Waals surface area (Å²) in [4.78, 5) is 0. The number of nitrogens with zero attached hydrogens (tertiary/aromatic N) is 1. The number of rotatable bonds is 2. The van der Waals surface area contributed by atoms with Crippen LogP contribution in [0.25, 0.3) is 0 Å². The third-order valence-corrected chi connectivity index (χ3v) is 2.54. The molecule has 3 nitrogen and oxygen atoms in total. The minimum absolute atomic E-state index is 0.102. The van der Waals surface area contributed by atoms with Crippen LogP contribution in [0.5, 0.6) is 5.75 Å². The van der Waals surface area contributed by atoms with Crippen molar-refractivity contribution in [2.45, 2.75) is 18.9 Å². The van der Waals surface area contributed by atoms with Gasteiger partial charge in [-0.2, -0.15) is 5.26 Å². The molecule has 0 fully saturated rings. The van der Waals surface area contributed by atoms with Gasteiger partial charge in [-0.05, 0) is 36.1 Å². The largest absolute Gasteiger partial charge is 0.479 e. The van der Waals surface area contributed by atoms with Gasteiger partial charge >= 0.3 is 0 Å². The van der Waals surface area contributed by atoms with Gasteiger partial charge in [0.25, 0.3) is 0 Å². The number of benzene rings is 1. The highest BCUT2D eigenvalue weighted by Gasteiger charge is 2.18. The van der Waals surface area contributed by atoms with Gasteiger partial charge in [-0.25, -0.2) is 0 Å². The molecule has 0 spiro atoms. The number of hydrogen-bond donors (Lipinski definition) is 1. The molecule has 0 unspecified atom stereocenters. The van der Waals surface area contributed by atoms with E-state index in [2.05, 4.69) is 0 Å². The Bertz CT molecular complexity index is 381. The summed E-state index contributed by atoms with van der Waals surface area (Å²) in [6.45, 7) is 0.102. The Labute approximate surface area is 83.1 Å². The van der Waals surface area contributed by atoms with Crippen LogP contribution in [0.3, 0.4) is 0 Å². The van der Waals surface area contributed by atoms with Gasteiger partial charge in [0, 0.05) is 6.04 Å². The van der Waals surface area contributed by atoms with Crippen molar-refractivity contribution in [2.75, 3.05) is 6.61 Å². The van der Waals surface area contributed by atoms with Crippen LogP contribution in [0, 0.1) is 11.3 Å². The van der Waals surface area contributed by atoms with Crippen molar-refractivity contribution in [1.29, 1.82) is 5.26 Å². The van der Waals surface area contributed by atoms with Crippen LogP contribution < -0.4 is 10.5 Å². The molecule has 3 heteroatoms. The van der Waals surface area contributed by atoms with Crippen molar-refractivity contribution < 1.29 is 4.74 Å². The van der Waals surface area contributed by atoms with E-state index in [9.17, 15) is 0 Å². The zero-order chi connectivity index (χ0) is 9.97. The Morgan fingerprint density at radius 3 is 3.21 bits per heavy atom. The van der Waals surface area contributed by atoms with E-state index in [-0.39, 0.29) is 12.6 Å². The molecule has 0 aliphatic heterocycles. The molecule has 72 valence electrons. The molecule has 1 aromatic rings. The number of fused-ring (bicyclic) bond motifs is 1. The second kappa shape index (κ2) is 3.69. The summed E-state index contributed by atoms with van der Waals surface area (Å²) < 4.78 is 5.21. The van der Waals surface area contributed by atoms with Crippen LogP contribution >= 0.6 is 0 Å². The molecule has 2 N–H and O–H groups in total. The van der Waals surface area contributed by atoms with Crippen molar-refractivity contribution in [2.24, 2.45) is 5.73 Å². The zero-order valence-corrected chi connectivity index (χ0v) is 7.86. The van der Waals surface area contributed by atoms with E-state index in [4.69, 9.17) is 15.7 Å². The molecule has 0 amide bonds. The topological polar surface area (TPSA) is 59.0 Å². The third-order valence-electron chi connectivity index (χ3n) is 2.54. The molecule has 1 aliphatic rings. The van der Waals surface area contributed by atoms with Gasteiger partial charge in [-0.3, -0.25) is 0 Å². The minimum Gasteiger partial charge on any atom is -0.479 e. The average Bonchev–Trinajstić information content (AvgIpc) is 2.57. The van der Waals surface area contributed by atoms with Crippen molar-refractivity contribution >= 4 is 0 Å². The predicted molar refractivity (Wildman–Crippen MR) is 52.8 cm³/mol. The van der Waals surface area contributed by atoms with Crippen molar-refractivity contribution in [1.82, 2.24) is 0 Å². The molecular weight excluding hydrogens is 176 g/mol. The van der Waals surface area contributed by atoms with Crippen LogP contribution in [0.4, 0.5) is 0 Å². The number of aryl methyl sites for hydroxylation is 1. The van der Waals surface area contributed by atoms with E-state index in [1.165, 1.54) is 11.1 Å². The number of hydrogen-bond acceptors (Lipinski definition) is 3. The Hall–Kier alpha value is -1.53. The van der Waals surface area contributed by atoms with Crippen LogP contribution in [0.2, 0.25) is 0 Å². The van der Waals surface area contributed by atoms with E-state index >= 15 is 0 Å². The van der Waals surface area contributed by atoms with Gasteiger partial charge in [-0.1, -0.05) is 6.07 Å². The van der Waals surface area contributed by atoms with Crippen molar-refractivity contribution in [3.8, 4) is 11.8 Å². The highest BCUT2D eigenvalue weighted by Crippen LogP contribution is 2.31. The summed E-state index contributed by atoms with van der Waals surface area (Å²) in [5.74, 6) is 0.763. The molecular formula is C11H12N2O. The molecule has 1 atom stereocenters. The molecule has 0 heterocycles. The summed E-state index contributed by atoms with van der Waals surface area (Å²) >= 11 is 0. The summed E-state index contributed by atoms with van der Waals surface area (Å²) in [5, 5.41) is 8.37. The van der Waals surface area contributed by atoms with E-state index in [1.54, 1.807) is 0 Å². The summed E-state index contributed by atoms with van der Waals surface area (Å²) in [7, 11) is 0. The summed E-state index contributed by atoms with van der Waals surface area (Å²) in [6, 6.07) is 7.98. The van der Waals surface area contributed by atoms with Gasteiger partial charge < -0.3 is 10.5 Å². The van der Waals surface area contributed by atoms with Crippen LogP contribution in [-0.2, 0) is 6.42 Å². The molecule has 0 saturated carbocycles. The fraction of sp³-hybridized carbons (Fsp3) is 0.364. The monoisotopic (exact) mass is 188 g/mol. The second-order valence-corrected chi connectivity index (χ2v) is 3.45. The van der Waals surface area contributed by atoms with E-state index < -0.39 is 0 Å². The highest BCUT2D eigenvalue weighted by molar-refractivity contribution is 5.40. The maximum absolute atomic E-state index is 8.37. The lowest BCUT2D eigenvalue weighted by Crippen LogP contribution is -2.05. The van der Waals surface area contributed by atoms with Crippen LogP contribution in [0.15, 0.2) is 18.2 Å². The highest BCUT2D eigenvalue weighted by atomic mass is 16.5. The van der Waals surface area contributed by atoms with Crippen LogP contribution in [-0.4, -0.2) is 6.61 Å². The van der Waals surface area contributed by atoms with Gasteiger partial charge in [-0.15, -0.1) is 0 Å². The molecule has 14 heavy (non-hydrogen) atoms. The predicted octanol–water partition coefficient (Wildman–Crippen LogP) is 1.53. The Morgan fingerprint density at radius 2 is 2.43 bits per heavy atom. The molecule has 1 aromatic carbocycles. The lowest BCUT2D eigenvalue weighted by Gasteiger charge is -2.06. The van der Waals surface area contributed by atoms with Gasteiger partial charge in [0.2, 0.25) is 0 Å². The van der Waals surface area contributed by atoms with Gasteiger partial charge in [0.1, 0.15) is 11.8 Å². The SMILES string of the molecule is N#CCOc1ccc2c(c1)CC[C@@H]2N. The average molecular weight is 188 g/mol. The number of nitriles is 1.